The minimum absolute atomic E-state index is 0.132. The van der Waals surface area contributed by atoms with Crippen LogP contribution in [0.5, 0.6) is 0 Å². The molecule has 0 saturated carbocycles. The van der Waals surface area contributed by atoms with Gasteiger partial charge in [0, 0.05) is 16.6 Å². The van der Waals surface area contributed by atoms with Gasteiger partial charge in [0.05, 0.1) is 24.2 Å². The molecule has 1 aliphatic heterocycles. The fourth-order valence-corrected chi connectivity index (χ4v) is 2.15. The Hall–Kier alpha value is -1.09. The highest BCUT2D eigenvalue weighted by molar-refractivity contribution is 9.10. The summed E-state index contributed by atoms with van der Waals surface area (Å²) in [5.74, 6) is -0.132. The van der Waals surface area contributed by atoms with Crippen LogP contribution in [0.15, 0.2) is 22.7 Å². The lowest BCUT2D eigenvalue weighted by atomic mass is 10.2. The van der Waals surface area contributed by atoms with Crippen LogP contribution in [0, 0.1) is 11.3 Å². The third-order valence-electron chi connectivity index (χ3n) is 2.66. The van der Waals surface area contributed by atoms with E-state index in [4.69, 9.17) is 21.6 Å². The number of rotatable bonds is 1. The summed E-state index contributed by atoms with van der Waals surface area (Å²) in [6.45, 7) is 1.17. The third kappa shape index (κ3) is 2.83. The monoisotopic (exact) mass is 328 g/mol. The van der Waals surface area contributed by atoms with Gasteiger partial charge < -0.3 is 9.64 Å². The SMILES string of the molecule is N#CC1CN(C(=O)c2ccc(Br)c(Cl)c2)CCO1. The summed E-state index contributed by atoms with van der Waals surface area (Å²) in [4.78, 5) is 13.8. The Labute approximate surface area is 118 Å². The van der Waals surface area contributed by atoms with Gasteiger partial charge in [0.1, 0.15) is 0 Å². The van der Waals surface area contributed by atoms with Crippen molar-refractivity contribution in [3.8, 4) is 6.07 Å². The van der Waals surface area contributed by atoms with Crippen LogP contribution in [-0.4, -0.2) is 36.6 Å². The molecule has 1 unspecified atom stereocenters. The third-order valence-corrected chi connectivity index (χ3v) is 3.90. The minimum Gasteiger partial charge on any atom is -0.360 e. The van der Waals surface area contributed by atoms with Crippen molar-refractivity contribution in [1.82, 2.24) is 4.90 Å². The van der Waals surface area contributed by atoms with Crippen molar-refractivity contribution in [3.05, 3.63) is 33.3 Å². The lowest BCUT2D eigenvalue weighted by Gasteiger charge is -2.29. The molecule has 2 rings (SSSR count). The first-order valence-corrected chi connectivity index (χ1v) is 6.54. The molecule has 0 aromatic heterocycles. The fraction of sp³-hybridized carbons (Fsp3) is 0.333. The van der Waals surface area contributed by atoms with Crippen molar-refractivity contribution < 1.29 is 9.53 Å². The van der Waals surface area contributed by atoms with E-state index in [0.29, 0.717) is 30.3 Å². The van der Waals surface area contributed by atoms with Gasteiger partial charge in [0.15, 0.2) is 6.10 Å². The Morgan fingerprint density at radius 1 is 1.61 bits per heavy atom. The Bertz CT molecular complexity index is 515. The number of carbonyl (C=O) groups excluding carboxylic acids is 1. The fourth-order valence-electron chi connectivity index (χ4n) is 1.72. The number of ether oxygens (including phenoxy) is 1. The van der Waals surface area contributed by atoms with Gasteiger partial charge in [0.25, 0.3) is 5.91 Å². The second-order valence-electron chi connectivity index (χ2n) is 3.87. The number of amides is 1. The van der Waals surface area contributed by atoms with Crippen molar-refractivity contribution in [1.29, 1.82) is 5.26 Å². The van der Waals surface area contributed by atoms with E-state index in [1.54, 1.807) is 23.1 Å². The first kappa shape index (κ1) is 13.3. The highest BCUT2D eigenvalue weighted by Crippen LogP contribution is 2.24. The summed E-state index contributed by atoms with van der Waals surface area (Å²) in [6.07, 6.45) is -0.548. The molecule has 0 spiro atoms. The molecule has 1 heterocycles. The van der Waals surface area contributed by atoms with E-state index in [0.717, 1.165) is 4.47 Å². The predicted molar refractivity (Wildman–Crippen MR) is 70.4 cm³/mol. The van der Waals surface area contributed by atoms with Gasteiger partial charge in [-0.05, 0) is 34.1 Å². The van der Waals surface area contributed by atoms with E-state index >= 15 is 0 Å². The number of nitriles is 1. The predicted octanol–water partition coefficient (Wildman–Crippen LogP) is 2.47. The quantitative estimate of drug-likeness (QED) is 0.795. The van der Waals surface area contributed by atoms with E-state index in [2.05, 4.69) is 15.9 Å². The van der Waals surface area contributed by atoms with Crippen molar-refractivity contribution in [3.63, 3.8) is 0 Å². The maximum absolute atomic E-state index is 12.2. The van der Waals surface area contributed by atoms with Gasteiger partial charge in [-0.1, -0.05) is 11.6 Å². The molecule has 1 atom stereocenters. The zero-order valence-electron chi connectivity index (χ0n) is 9.40. The number of hydrogen-bond acceptors (Lipinski definition) is 3. The second kappa shape index (κ2) is 5.70. The van der Waals surface area contributed by atoms with Gasteiger partial charge in [-0.3, -0.25) is 4.79 Å². The highest BCUT2D eigenvalue weighted by Gasteiger charge is 2.24. The van der Waals surface area contributed by atoms with E-state index in [1.165, 1.54) is 0 Å². The maximum atomic E-state index is 12.2. The molecular weight excluding hydrogens is 320 g/mol. The zero-order chi connectivity index (χ0) is 13.1. The molecule has 1 fully saturated rings. The Kier molecular flexibility index (Phi) is 4.23. The molecule has 94 valence electrons. The minimum atomic E-state index is -0.548. The molecule has 1 amide bonds. The summed E-state index contributed by atoms with van der Waals surface area (Å²) in [5.41, 5.74) is 0.516. The van der Waals surface area contributed by atoms with E-state index < -0.39 is 6.10 Å². The number of carbonyl (C=O) groups is 1. The summed E-state index contributed by atoms with van der Waals surface area (Å²) < 4.78 is 5.95. The van der Waals surface area contributed by atoms with Crippen molar-refractivity contribution in [2.24, 2.45) is 0 Å². The molecule has 18 heavy (non-hydrogen) atoms. The first-order valence-electron chi connectivity index (χ1n) is 5.37. The number of hydrogen-bond donors (Lipinski definition) is 0. The number of halogens is 2. The molecule has 1 aromatic rings. The molecule has 0 bridgehead atoms. The lowest BCUT2D eigenvalue weighted by Crippen LogP contribution is -2.45. The van der Waals surface area contributed by atoms with Crippen LogP contribution in [-0.2, 0) is 4.74 Å². The van der Waals surface area contributed by atoms with Crippen LogP contribution in [0.4, 0.5) is 0 Å². The zero-order valence-corrected chi connectivity index (χ0v) is 11.7. The van der Waals surface area contributed by atoms with Gasteiger partial charge in [-0.25, -0.2) is 0 Å². The van der Waals surface area contributed by atoms with Crippen LogP contribution < -0.4 is 0 Å². The number of nitrogens with zero attached hydrogens (tertiary/aromatic N) is 2. The summed E-state index contributed by atoms with van der Waals surface area (Å²) in [7, 11) is 0. The average molecular weight is 330 g/mol. The van der Waals surface area contributed by atoms with Gasteiger partial charge in [-0.2, -0.15) is 5.26 Å². The van der Waals surface area contributed by atoms with Crippen molar-refractivity contribution in [2.45, 2.75) is 6.10 Å². The van der Waals surface area contributed by atoms with Crippen LogP contribution in [0.25, 0.3) is 0 Å². The molecule has 0 aliphatic carbocycles. The smallest absolute Gasteiger partial charge is 0.254 e. The number of morpholine rings is 1. The standard InChI is InChI=1S/C12H10BrClN2O2/c13-10-2-1-8(5-11(10)14)12(17)16-3-4-18-9(6-15)7-16/h1-2,5,9H,3-4,7H2. The molecule has 4 nitrogen and oxygen atoms in total. The number of benzene rings is 1. The van der Waals surface area contributed by atoms with E-state index in [9.17, 15) is 4.79 Å². The largest absolute Gasteiger partial charge is 0.360 e. The molecule has 1 saturated heterocycles. The van der Waals surface area contributed by atoms with Crippen LogP contribution >= 0.6 is 27.5 Å². The lowest BCUT2D eigenvalue weighted by molar-refractivity contribution is 0.00347. The van der Waals surface area contributed by atoms with E-state index in [-0.39, 0.29) is 5.91 Å². The summed E-state index contributed by atoms with van der Waals surface area (Å²) in [5, 5.41) is 9.29. The molecule has 0 radical (unpaired) electrons. The Morgan fingerprint density at radius 3 is 3.06 bits per heavy atom. The molecule has 1 aliphatic rings. The second-order valence-corrected chi connectivity index (χ2v) is 5.13. The topological polar surface area (TPSA) is 53.3 Å². The van der Waals surface area contributed by atoms with Gasteiger partial charge in [0.2, 0.25) is 0 Å². The first-order chi connectivity index (χ1) is 8.61. The van der Waals surface area contributed by atoms with Gasteiger partial charge in [-0.15, -0.1) is 0 Å². The van der Waals surface area contributed by atoms with E-state index in [1.807, 2.05) is 6.07 Å². The molecular formula is C12H10BrClN2O2. The molecule has 1 aromatic carbocycles. The van der Waals surface area contributed by atoms with Crippen molar-refractivity contribution >= 4 is 33.4 Å². The highest BCUT2D eigenvalue weighted by atomic mass is 79.9. The summed E-state index contributed by atoms with van der Waals surface area (Å²) >= 11 is 9.23. The van der Waals surface area contributed by atoms with Crippen LogP contribution in [0.1, 0.15) is 10.4 Å². The average Bonchev–Trinajstić information content (AvgIpc) is 2.41. The Balaban J connectivity index is 2.15. The molecule has 6 heteroatoms. The van der Waals surface area contributed by atoms with Crippen LogP contribution in [0.3, 0.4) is 0 Å². The normalized spacial score (nSPS) is 19.4. The van der Waals surface area contributed by atoms with Crippen molar-refractivity contribution in [2.75, 3.05) is 19.7 Å². The van der Waals surface area contributed by atoms with Gasteiger partial charge >= 0.3 is 0 Å². The maximum Gasteiger partial charge on any atom is 0.254 e. The summed E-state index contributed by atoms with van der Waals surface area (Å²) in [6, 6.07) is 7.06. The molecule has 0 N–H and O–H groups in total. The van der Waals surface area contributed by atoms with Crippen LogP contribution in [0.2, 0.25) is 5.02 Å². The Morgan fingerprint density at radius 2 is 2.39 bits per heavy atom.